The van der Waals surface area contributed by atoms with Gasteiger partial charge in [-0.15, -0.1) is 0 Å². The van der Waals surface area contributed by atoms with Crippen molar-refractivity contribution < 1.29 is 9.15 Å². The van der Waals surface area contributed by atoms with Crippen LogP contribution in [0.4, 0.5) is 0 Å². The Hall–Kier alpha value is -1.74. The lowest BCUT2D eigenvalue weighted by Crippen LogP contribution is -2.18. The Morgan fingerprint density at radius 2 is 2.12 bits per heavy atom. The molecule has 17 heavy (non-hydrogen) atoms. The molecule has 1 aromatic heterocycles. The zero-order valence-electron chi connectivity index (χ0n) is 10.1. The first-order valence-electron chi connectivity index (χ1n) is 5.68. The summed E-state index contributed by atoms with van der Waals surface area (Å²) in [6, 6.07) is 10.2. The van der Waals surface area contributed by atoms with Crippen molar-refractivity contribution in [3.8, 4) is 5.75 Å². The lowest BCUT2D eigenvalue weighted by atomic mass is 10.1. The van der Waals surface area contributed by atoms with Gasteiger partial charge in [0.05, 0.1) is 19.6 Å². The molecule has 3 nitrogen and oxygen atoms in total. The molecule has 1 atom stereocenters. The van der Waals surface area contributed by atoms with Crippen molar-refractivity contribution in [2.75, 3.05) is 7.11 Å². The summed E-state index contributed by atoms with van der Waals surface area (Å²) in [7, 11) is 1.70. The van der Waals surface area contributed by atoms with Gasteiger partial charge in [0.15, 0.2) is 0 Å². The van der Waals surface area contributed by atoms with Crippen molar-refractivity contribution in [3.63, 3.8) is 0 Å². The first-order chi connectivity index (χ1) is 8.31. The third kappa shape index (κ3) is 2.88. The van der Waals surface area contributed by atoms with Crippen molar-refractivity contribution in [1.82, 2.24) is 5.32 Å². The van der Waals surface area contributed by atoms with Gasteiger partial charge in [0, 0.05) is 23.7 Å². The molecule has 0 aliphatic rings. The normalized spacial score (nSPS) is 12.4. The number of furan rings is 1. The topological polar surface area (TPSA) is 34.4 Å². The van der Waals surface area contributed by atoms with Gasteiger partial charge in [0.1, 0.15) is 5.75 Å². The maximum Gasteiger partial charge on any atom is 0.123 e. The zero-order valence-corrected chi connectivity index (χ0v) is 10.1. The minimum Gasteiger partial charge on any atom is -0.496 e. The van der Waals surface area contributed by atoms with Crippen LogP contribution < -0.4 is 10.1 Å². The number of rotatable bonds is 5. The molecule has 2 rings (SSSR count). The van der Waals surface area contributed by atoms with Gasteiger partial charge in [-0.05, 0) is 19.1 Å². The molecule has 0 unspecified atom stereocenters. The van der Waals surface area contributed by atoms with Crippen LogP contribution in [-0.2, 0) is 6.54 Å². The molecule has 1 N–H and O–H groups in total. The Morgan fingerprint density at radius 1 is 1.29 bits per heavy atom. The minimum atomic E-state index is 0.237. The highest BCUT2D eigenvalue weighted by atomic mass is 16.5. The molecule has 0 bridgehead atoms. The summed E-state index contributed by atoms with van der Waals surface area (Å²) in [6.07, 6.45) is 3.44. The Balaban J connectivity index is 2.01. The van der Waals surface area contributed by atoms with E-state index < -0.39 is 0 Å². The van der Waals surface area contributed by atoms with Gasteiger partial charge in [-0.2, -0.15) is 0 Å². The fourth-order valence-electron chi connectivity index (χ4n) is 1.80. The van der Waals surface area contributed by atoms with Gasteiger partial charge in [-0.3, -0.25) is 0 Å². The summed E-state index contributed by atoms with van der Waals surface area (Å²) in [5.41, 5.74) is 2.31. The molecule has 0 fully saturated rings. The standard InChI is InChI=1S/C14H17NO2/c1-11(15-9-12-7-8-17-10-12)13-5-3-4-6-14(13)16-2/h3-8,10-11,15H,9H2,1-2H3/t11-/m0/s1. The summed E-state index contributed by atoms with van der Waals surface area (Å²) < 4.78 is 10.4. The van der Waals surface area contributed by atoms with Crippen molar-refractivity contribution in [2.45, 2.75) is 19.5 Å². The molecule has 3 heteroatoms. The van der Waals surface area contributed by atoms with Gasteiger partial charge in [0.25, 0.3) is 0 Å². The van der Waals surface area contributed by atoms with Crippen LogP contribution in [0.2, 0.25) is 0 Å². The number of methoxy groups -OCH3 is 1. The number of hydrogen-bond acceptors (Lipinski definition) is 3. The predicted octanol–water partition coefficient (Wildman–Crippen LogP) is 3.14. The van der Waals surface area contributed by atoms with Crippen LogP contribution >= 0.6 is 0 Å². The van der Waals surface area contributed by atoms with Gasteiger partial charge in [0.2, 0.25) is 0 Å². The molecule has 90 valence electrons. The predicted molar refractivity (Wildman–Crippen MR) is 67.0 cm³/mol. The van der Waals surface area contributed by atoms with Crippen molar-refractivity contribution in [1.29, 1.82) is 0 Å². The maximum absolute atomic E-state index is 5.34. The second kappa shape index (κ2) is 5.55. The number of nitrogens with one attached hydrogen (secondary N) is 1. The van der Waals surface area contributed by atoms with Gasteiger partial charge < -0.3 is 14.5 Å². The van der Waals surface area contributed by atoms with E-state index in [0.29, 0.717) is 0 Å². The monoisotopic (exact) mass is 231 g/mol. The second-order valence-electron chi connectivity index (χ2n) is 3.98. The lowest BCUT2D eigenvalue weighted by Gasteiger charge is -2.16. The highest BCUT2D eigenvalue weighted by Crippen LogP contribution is 2.24. The Morgan fingerprint density at radius 3 is 2.82 bits per heavy atom. The SMILES string of the molecule is COc1ccccc1[C@H](C)NCc1ccoc1. The molecule has 0 spiro atoms. The maximum atomic E-state index is 5.34. The summed E-state index contributed by atoms with van der Waals surface area (Å²) in [5, 5.41) is 3.44. The zero-order chi connectivity index (χ0) is 12.1. The highest BCUT2D eigenvalue weighted by molar-refractivity contribution is 5.35. The molecule has 0 radical (unpaired) electrons. The molecule has 0 saturated heterocycles. The third-order valence-electron chi connectivity index (χ3n) is 2.80. The van der Waals surface area contributed by atoms with E-state index in [2.05, 4.69) is 18.3 Å². The van der Waals surface area contributed by atoms with E-state index in [0.717, 1.165) is 17.9 Å². The molecular formula is C14H17NO2. The van der Waals surface area contributed by atoms with Crippen LogP contribution in [0.5, 0.6) is 5.75 Å². The van der Waals surface area contributed by atoms with Crippen LogP contribution in [0.25, 0.3) is 0 Å². The van der Waals surface area contributed by atoms with Crippen LogP contribution in [0.3, 0.4) is 0 Å². The van der Waals surface area contributed by atoms with E-state index in [1.165, 1.54) is 5.56 Å². The van der Waals surface area contributed by atoms with Crippen LogP contribution in [0, 0.1) is 0 Å². The van der Waals surface area contributed by atoms with E-state index in [1.807, 2.05) is 24.3 Å². The van der Waals surface area contributed by atoms with Gasteiger partial charge >= 0.3 is 0 Å². The van der Waals surface area contributed by atoms with E-state index in [4.69, 9.17) is 9.15 Å². The first-order valence-corrected chi connectivity index (χ1v) is 5.68. The Bertz CT molecular complexity index is 451. The lowest BCUT2D eigenvalue weighted by molar-refractivity contribution is 0.401. The summed E-state index contributed by atoms with van der Waals surface area (Å²) in [5.74, 6) is 0.916. The average Bonchev–Trinajstić information content (AvgIpc) is 2.89. The summed E-state index contributed by atoms with van der Waals surface area (Å²) in [4.78, 5) is 0. The summed E-state index contributed by atoms with van der Waals surface area (Å²) in [6.45, 7) is 2.91. The second-order valence-corrected chi connectivity index (χ2v) is 3.98. The van der Waals surface area contributed by atoms with Crippen LogP contribution in [0.1, 0.15) is 24.1 Å². The van der Waals surface area contributed by atoms with E-state index >= 15 is 0 Å². The Kier molecular flexibility index (Phi) is 3.83. The average molecular weight is 231 g/mol. The summed E-state index contributed by atoms with van der Waals surface area (Å²) >= 11 is 0. The van der Waals surface area contributed by atoms with Gasteiger partial charge in [-0.25, -0.2) is 0 Å². The van der Waals surface area contributed by atoms with E-state index in [9.17, 15) is 0 Å². The number of hydrogen-bond donors (Lipinski definition) is 1. The van der Waals surface area contributed by atoms with Crippen molar-refractivity contribution in [3.05, 3.63) is 54.0 Å². The molecular weight excluding hydrogens is 214 g/mol. The quantitative estimate of drug-likeness (QED) is 0.858. The third-order valence-corrected chi connectivity index (χ3v) is 2.80. The Labute approximate surface area is 101 Å². The fourth-order valence-corrected chi connectivity index (χ4v) is 1.80. The van der Waals surface area contributed by atoms with Crippen LogP contribution in [0.15, 0.2) is 47.3 Å². The molecule has 0 saturated carbocycles. The van der Waals surface area contributed by atoms with E-state index in [-0.39, 0.29) is 6.04 Å². The number of ether oxygens (including phenoxy) is 1. The fraction of sp³-hybridized carbons (Fsp3) is 0.286. The highest BCUT2D eigenvalue weighted by Gasteiger charge is 2.10. The van der Waals surface area contributed by atoms with Gasteiger partial charge in [-0.1, -0.05) is 18.2 Å². The van der Waals surface area contributed by atoms with E-state index in [1.54, 1.807) is 19.6 Å². The number of para-hydroxylation sites is 1. The minimum absolute atomic E-state index is 0.237. The molecule has 0 aliphatic carbocycles. The molecule has 0 amide bonds. The first kappa shape index (κ1) is 11.7. The van der Waals surface area contributed by atoms with Crippen molar-refractivity contribution >= 4 is 0 Å². The number of benzene rings is 1. The van der Waals surface area contributed by atoms with Crippen molar-refractivity contribution in [2.24, 2.45) is 0 Å². The smallest absolute Gasteiger partial charge is 0.123 e. The molecule has 1 aromatic carbocycles. The molecule has 0 aliphatic heterocycles. The molecule has 1 heterocycles. The largest absolute Gasteiger partial charge is 0.496 e. The van der Waals surface area contributed by atoms with Crippen LogP contribution in [-0.4, -0.2) is 7.11 Å². The molecule has 2 aromatic rings.